The maximum atomic E-state index is 12.9. The molecule has 248 valence electrons. The van der Waals surface area contributed by atoms with Crippen molar-refractivity contribution in [3.8, 4) is 0 Å². The molecule has 5 atom stereocenters. The second kappa shape index (κ2) is 16.9. The highest BCUT2D eigenvalue weighted by Gasteiger charge is 2.53. The smallest absolute Gasteiger partial charge is 0.333 e. The van der Waals surface area contributed by atoms with Crippen LogP contribution >= 0.6 is 0 Å². The standard InChI is InChI=1S/C34H46O11/c1-20(15-16-27-22(3)14-11-17-34(27,8)9)12-10-13-21(2)18-29(39)45-33-32(43-26(7)38)31(42-25(6)37)30(41-24(5)36)28(44-33)19-40-23(4)35/h10,12-13,15-16,18,28,30-33H,11,14,17,19H2,1-9H3/b13-10+,16-15+,20-12+,21-18-/t28-,30-,31+,32-,33+/m1/s1. The highest BCUT2D eigenvalue weighted by molar-refractivity contribution is 5.83. The van der Waals surface area contributed by atoms with E-state index in [0.29, 0.717) is 5.57 Å². The minimum absolute atomic E-state index is 0.144. The van der Waals surface area contributed by atoms with Crippen molar-refractivity contribution in [3.05, 3.63) is 58.7 Å². The Morgan fingerprint density at radius 2 is 1.40 bits per heavy atom. The summed E-state index contributed by atoms with van der Waals surface area (Å²) in [5.74, 6) is -3.86. The number of carbonyl (C=O) groups is 5. The first-order chi connectivity index (χ1) is 21.0. The minimum Gasteiger partial charge on any atom is -0.463 e. The summed E-state index contributed by atoms with van der Waals surface area (Å²) in [5, 5.41) is 0. The summed E-state index contributed by atoms with van der Waals surface area (Å²) in [7, 11) is 0. The van der Waals surface area contributed by atoms with Crippen LogP contribution in [-0.2, 0) is 52.4 Å². The molecule has 0 saturated carbocycles. The van der Waals surface area contributed by atoms with E-state index in [-0.39, 0.29) is 5.41 Å². The summed E-state index contributed by atoms with van der Waals surface area (Å²) in [6.07, 6.45) is 7.29. The molecule has 11 heteroatoms. The minimum atomic E-state index is -1.60. The predicted octanol–water partition coefficient (Wildman–Crippen LogP) is 5.14. The van der Waals surface area contributed by atoms with Crippen molar-refractivity contribution in [2.45, 2.75) is 112 Å². The Kier molecular flexibility index (Phi) is 14.0. The van der Waals surface area contributed by atoms with Crippen molar-refractivity contribution in [3.63, 3.8) is 0 Å². The van der Waals surface area contributed by atoms with Gasteiger partial charge < -0.3 is 28.4 Å². The lowest BCUT2D eigenvalue weighted by atomic mass is 9.72. The summed E-state index contributed by atoms with van der Waals surface area (Å²) in [5.41, 5.74) is 4.50. The van der Waals surface area contributed by atoms with Gasteiger partial charge in [0, 0.05) is 33.8 Å². The van der Waals surface area contributed by atoms with E-state index < -0.39 is 67.2 Å². The Morgan fingerprint density at radius 3 is 1.98 bits per heavy atom. The van der Waals surface area contributed by atoms with E-state index in [0.717, 1.165) is 46.1 Å². The van der Waals surface area contributed by atoms with Crippen molar-refractivity contribution >= 4 is 29.8 Å². The van der Waals surface area contributed by atoms with Gasteiger partial charge in [0.05, 0.1) is 0 Å². The highest BCUT2D eigenvalue weighted by atomic mass is 16.7. The molecule has 0 radical (unpaired) electrons. The van der Waals surface area contributed by atoms with Crippen LogP contribution in [0.3, 0.4) is 0 Å². The molecule has 0 aromatic carbocycles. The third-order valence-corrected chi connectivity index (χ3v) is 7.30. The molecule has 11 nitrogen and oxygen atoms in total. The third kappa shape index (κ3) is 12.1. The van der Waals surface area contributed by atoms with Gasteiger partial charge in [-0.25, -0.2) is 4.79 Å². The summed E-state index contributed by atoms with van der Waals surface area (Å²) in [6.45, 7) is 14.5. The van der Waals surface area contributed by atoms with E-state index in [1.54, 1.807) is 19.1 Å². The maximum Gasteiger partial charge on any atom is 0.333 e. The van der Waals surface area contributed by atoms with Crippen LogP contribution in [0, 0.1) is 5.41 Å². The normalized spacial score (nSPS) is 25.6. The third-order valence-electron chi connectivity index (χ3n) is 7.30. The van der Waals surface area contributed by atoms with E-state index in [1.807, 2.05) is 13.0 Å². The van der Waals surface area contributed by atoms with Crippen LogP contribution in [0.1, 0.15) is 81.6 Å². The van der Waals surface area contributed by atoms with Gasteiger partial charge in [0.1, 0.15) is 12.7 Å². The Bertz CT molecular complexity index is 1280. The van der Waals surface area contributed by atoms with E-state index in [1.165, 1.54) is 23.6 Å². The number of allylic oxidation sites excluding steroid dienone is 9. The van der Waals surface area contributed by atoms with Crippen LogP contribution in [0.2, 0.25) is 0 Å². The fourth-order valence-corrected chi connectivity index (χ4v) is 5.30. The molecule has 2 rings (SSSR count). The summed E-state index contributed by atoms with van der Waals surface area (Å²) in [6, 6.07) is 0. The van der Waals surface area contributed by atoms with E-state index >= 15 is 0 Å². The van der Waals surface area contributed by atoms with Crippen LogP contribution in [-0.4, -0.2) is 67.2 Å². The summed E-state index contributed by atoms with van der Waals surface area (Å²) < 4.78 is 32.3. The molecule has 0 unspecified atom stereocenters. The molecule has 0 bridgehead atoms. The van der Waals surface area contributed by atoms with Crippen molar-refractivity contribution < 1.29 is 52.4 Å². The first-order valence-corrected chi connectivity index (χ1v) is 14.9. The van der Waals surface area contributed by atoms with Gasteiger partial charge in [-0.1, -0.05) is 55.4 Å². The Labute approximate surface area is 265 Å². The van der Waals surface area contributed by atoms with Gasteiger partial charge in [-0.05, 0) is 56.6 Å². The molecule has 0 amide bonds. The lowest BCUT2D eigenvalue weighted by Crippen LogP contribution is -2.63. The Hall–Kier alpha value is -3.99. The summed E-state index contributed by atoms with van der Waals surface area (Å²) >= 11 is 0. The van der Waals surface area contributed by atoms with Gasteiger partial charge in [-0.2, -0.15) is 0 Å². The number of hydrogen-bond donors (Lipinski definition) is 0. The van der Waals surface area contributed by atoms with Gasteiger partial charge in [0.15, 0.2) is 12.2 Å². The molecular weight excluding hydrogens is 584 g/mol. The molecular formula is C34H46O11. The molecule has 1 aliphatic heterocycles. The average molecular weight is 631 g/mol. The van der Waals surface area contributed by atoms with Crippen LogP contribution in [0.5, 0.6) is 0 Å². The van der Waals surface area contributed by atoms with E-state index in [4.69, 9.17) is 28.4 Å². The van der Waals surface area contributed by atoms with Gasteiger partial charge >= 0.3 is 29.8 Å². The Balaban J connectivity index is 2.25. The Morgan fingerprint density at radius 1 is 0.800 bits per heavy atom. The fourth-order valence-electron chi connectivity index (χ4n) is 5.30. The zero-order valence-electron chi connectivity index (χ0n) is 27.7. The van der Waals surface area contributed by atoms with Gasteiger partial charge in [-0.3, -0.25) is 19.2 Å². The monoisotopic (exact) mass is 630 g/mol. The molecule has 1 saturated heterocycles. The topological polar surface area (TPSA) is 141 Å². The number of carbonyl (C=O) groups excluding carboxylic acids is 5. The quantitative estimate of drug-likeness (QED) is 0.130. The molecule has 0 spiro atoms. The number of hydrogen-bond acceptors (Lipinski definition) is 11. The first-order valence-electron chi connectivity index (χ1n) is 14.9. The lowest BCUT2D eigenvalue weighted by molar-refractivity contribution is -0.299. The molecule has 1 heterocycles. The molecule has 0 aromatic rings. The van der Waals surface area contributed by atoms with Crippen LogP contribution < -0.4 is 0 Å². The largest absolute Gasteiger partial charge is 0.463 e. The lowest BCUT2D eigenvalue weighted by Gasteiger charge is -2.43. The van der Waals surface area contributed by atoms with Crippen molar-refractivity contribution in [1.82, 2.24) is 0 Å². The van der Waals surface area contributed by atoms with Gasteiger partial charge in [0.2, 0.25) is 12.4 Å². The van der Waals surface area contributed by atoms with Crippen molar-refractivity contribution in [2.75, 3.05) is 6.61 Å². The first kappa shape index (κ1) is 37.2. The maximum absolute atomic E-state index is 12.9. The molecule has 45 heavy (non-hydrogen) atoms. The van der Waals surface area contributed by atoms with Crippen molar-refractivity contribution in [1.29, 1.82) is 0 Å². The molecule has 2 aliphatic rings. The molecule has 0 N–H and O–H groups in total. The number of rotatable bonds is 11. The van der Waals surface area contributed by atoms with Crippen LogP contribution in [0.4, 0.5) is 0 Å². The van der Waals surface area contributed by atoms with Gasteiger partial charge in [0.25, 0.3) is 0 Å². The highest BCUT2D eigenvalue weighted by Crippen LogP contribution is 2.40. The second-order valence-electron chi connectivity index (χ2n) is 11.9. The number of ether oxygens (including phenoxy) is 6. The van der Waals surface area contributed by atoms with Crippen molar-refractivity contribution in [2.24, 2.45) is 5.41 Å². The average Bonchev–Trinajstić information content (AvgIpc) is 2.89. The van der Waals surface area contributed by atoms with E-state index in [2.05, 4.69) is 32.9 Å². The zero-order chi connectivity index (χ0) is 33.9. The van der Waals surface area contributed by atoms with E-state index in [9.17, 15) is 24.0 Å². The van der Waals surface area contributed by atoms with Crippen LogP contribution in [0.15, 0.2) is 58.7 Å². The molecule has 1 fully saturated rings. The number of esters is 5. The molecule has 0 aromatic heterocycles. The summed E-state index contributed by atoms with van der Waals surface area (Å²) in [4.78, 5) is 60.2. The molecule has 1 aliphatic carbocycles. The predicted molar refractivity (Wildman–Crippen MR) is 164 cm³/mol. The SMILES string of the molecule is CC(=O)OC[C@H]1O[C@@H](OC(=O)\C=C(C)/C=C/C=C(C)/C=C/C2=C(C)CCCC2(C)C)[C@H](OC(C)=O)[C@@H](OC(C)=O)[C@@H]1OC(C)=O. The second-order valence-corrected chi connectivity index (χ2v) is 11.9. The van der Waals surface area contributed by atoms with Gasteiger partial charge in [-0.15, -0.1) is 0 Å². The fraction of sp³-hybridized carbons (Fsp3) is 0.559. The van der Waals surface area contributed by atoms with Crippen LogP contribution in [0.25, 0.3) is 0 Å². The zero-order valence-corrected chi connectivity index (χ0v) is 27.7.